The van der Waals surface area contributed by atoms with Crippen molar-refractivity contribution >= 4 is 11.8 Å². The zero-order chi connectivity index (χ0) is 11.2. The molecule has 2 atom stereocenters. The predicted molar refractivity (Wildman–Crippen MR) is 70.9 cm³/mol. The van der Waals surface area contributed by atoms with Crippen molar-refractivity contribution in [2.75, 3.05) is 12.8 Å². The van der Waals surface area contributed by atoms with Gasteiger partial charge in [0.2, 0.25) is 0 Å². The highest BCUT2D eigenvalue weighted by Gasteiger charge is 2.25. The van der Waals surface area contributed by atoms with E-state index in [1.54, 1.807) is 0 Å². The maximum absolute atomic E-state index is 4.13. The lowest BCUT2D eigenvalue weighted by Gasteiger charge is -2.19. The Bertz CT molecular complexity index is 302. The molecule has 1 aliphatic rings. The van der Waals surface area contributed by atoms with E-state index < -0.39 is 0 Å². The highest BCUT2D eigenvalue weighted by molar-refractivity contribution is 7.99. The zero-order valence-electron chi connectivity index (χ0n) is 9.86. The molecular formula is C13H20N2S. The molecule has 0 aliphatic heterocycles. The fraction of sp³-hybridized carbons (Fsp3) is 0.615. The standard InChI is InChI=1S/C13H20N2S/c1-16-13-6-2-5-12(13)15-9-7-11-4-3-8-14-10-11/h3-4,8,10,12-13,15H,2,5-7,9H2,1H3. The lowest BCUT2D eigenvalue weighted by molar-refractivity contribution is 0.535. The molecule has 2 unspecified atom stereocenters. The van der Waals surface area contributed by atoms with E-state index in [0.29, 0.717) is 0 Å². The van der Waals surface area contributed by atoms with Crippen LogP contribution in [0.2, 0.25) is 0 Å². The molecule has 0 aromatic carbocycles. The molecule has 16 heavy (non-hydrogen) atoms. The molecule has 1 aromatic heterocycles. The van der Waals surface area contributed by atoms with Gasteiger partial charge in [0.1, 0.15) is 0 Å². The summed E-state index contributed by atoms with van der Waals surface area (Å²) in [6.07, 6.45) is 11.2. The molecule has 1 fully saturated rings. The fourth-order valence-electron chi connectivity index (χ4n) is 2.39. The Morgan fingerprint density at radius 3 is 3.19 bits per heavy atom. The van der Waals surface area contributed by atoms with Gasteiger partial charge in [0.05, 0.1) is 0 Å². The smallest absolute Gasteiger partial charge is 0.0300 e. The van der Waals surface area contributed by atoms with Crippen LogP contribution in [0.4, 0.5) is 0 Å². The van der Waals surface area contributed by atoms with E-state index in [9.17, 15) is 0 Å². The summed E-state index contributed by atoms with van der Waals surface area (Å²) in [5.74, 6) is 0. The quantitative estimate of drug-likeness (QED) is 0.850. The van der Waals surface area contributed by atoms with E-state index in [-0.39, 0.29) is 0 Å². The van der Waals surface area contributed by atoms with Gasteiger partial charge in [-0.3, -0.25) is 4.98 Å². The molecular weight excluding hydrogens is 216 g/mol. The molecule has 1 N–H and O–H groups in total. The normalized spacial score (nSPS) is 24.8. The lowest BCUT2D eigenvalue weighted by Crippen LogP contribution is -2.35. The van der Waals surface area contributed by atoms with E-state index >= 15 is 0 Å². The van der Waals surface area contributed by atoms with Gasteiger partial charge >= 0.3 is 0 Å². The first-order chi connectivity index (χ1) is 7.90. The monoisotopic (exact) mass is 236 g/mol. The number of aromatic nitrogens is 1. The van der Waals surface area contributed by atoms with Crippen molar-refractivity contribution in [3.05, 3.63) is 30.1 Å². The van der Waals surface area contributed by atoms with Crippen molar-refractivity contribution < 1.29 is 0 Å². The van der Waals surface area contributed by atoms with E-state index in [2.05, 4.69) is 22.6 Å². The van der Waals surface area contributed by atoms with E-state index in [4.69, 9.17) is 0 Å². The van der Waals surface area contributed by atoms with Crippen LogP contribution in [0.5, 0.6) is 0 Å². The molecule has 88 valence electrons. The third kappa shape index (κ3) is 3.22. The van der Waals surface area contributed by atoms with Crippen LogP contribution in [0.15, 0.2) is 24.5 Å². The molecule has 1 aliphatic carbocycles. The van der Waals surface area contributed by atoms with E-state index in [1.807, 2.05) is 30.2 Å². The van der Waals surface area contributed by atoms with Gasteiger partial charge in [-0.15, -0.1) is 0 Å². The van der Waals surface area contributed by atoms with Crippen molar-refractivity contribution in [3.8, 4) is 0 Å². The number of hydrogen-bond donors (Lipinski definition) is 1. The second-order valence-electron chi connectivity index (χ2n) is 4.38. The average Bonchev–Trinajstić information content (AvgIpc) is 2.78. The average molecular weight is 236 g/mol. The molecule has 0 bridgehead atoms. The number of hydrogen-bond acceptors (Lipinski definition) is 3. The van der Waals surface area contributed by atoms with Crippen LogP contribution in [-0.4, -0.2) is 29.1 Å². The Labute approximate surface area is 102 Å². The Morgan fingerprint density at radius 2 is 2.44 bits per heavy atom. The molecule has 2 rings (SSSR count). The Balaban J connectivity index is 1.72. The van der Waals surface area contributed by atoms with Crippen molar-refractivity contribution in [1.29, 1.82) is 0 Å². The third-order valence-electron chi connectivity index (χ3n) is 3.30. The van der Waals surface area contributed by atoms with Gasteiger partial charge in [-0.2, -0.15) is 11.8 Å². The summed E-state index contributed by atoms with van der Waals surface area (Å²) in [6, 6.07) is 4.89. The maximum Gasteiger partial charge on any atom is 0.0300 e. The number of pyridine rings is 1. The maximum atomic E-state index is 4.13. The minimum absolute atomic E-state index is 0.728. The van der Waals surface area contributed by atoms with Gasteiger partial charge in [-0.1, -0.05) is 12.5 Å². The predicted octanol–water partition coefficient (Wildman–Crippen LogP) is 2.50. The topological polar surface area (TPSA) is 24.9 Å². The third-order valence-corrected chi connectivity index (χ3v) is 4.47. The molecule has 0 spiro atoms. The van der Waals surface area contributed by atoms with Crippen molar-refractivity contribution in [2.45, 2.75) is 37.0 Å². The van der Waals surface area contributed by atoms with Crippen LogP contribution >= 0.6 is 11.8 Å². The van der Waals surface area contributed by atoms with Gasteiger partial charge in [0.15, 0.2) is 0 Å². The van der Waals surface area contributed by atoms with Crippen LogP contribution in [0, 0.1) is 0 Å². The highest BCUT2D eigenvalue weighted by Crippen LogP contribution is 2.28. The largest absolute Gasteiger partial charge is 0.313 e. The first kappa shape index (κ1) is 11.9. The lowest BCUT2D eigenvalue weighted by atomic mass is 10.2. The first-order valence-electron chi connectivity index (χ1n) is 6.05. The highest BCUT2D eigenvalue weighted by atomic mass is 32.2. The number of thioether (sulfide) groups is 1. The number of nitrogens with zero attached hydrogens (tertiary/aromatic N) is 1. The summed E-state index contributed by atoms with van der Waals surface area (Å²) in [5, 5.41) is 4.51. The van der Waals surface area contributed by atoms with Gasteiger partial charge in [-0.05, 0) is 43.7 Å². The SMILES string of the molecule is CSC1CCCC1NCCc1cccnc1. The molecule has 1 saturated carbocycles. The van der Waals surface area contributed by atoms with Crippen LogP contribution in [0.1, 0.15) is 24.8 Å². The molecule has 1 aromatic rings. The minimum atomic E-state index is 0.728. The number of rotatable bonds is 5. The van der Waals surface area contributed by atoms with Crippen LogP contribution in [-0.2, 0) is 6.42 Å². The Hall–Kier alpha value is -0.540. The second-order valence-corrected chi connectivity index (χ2v) is 5.45. The molecule has 3 heteroatoms. The second kappa shape index (κ2) is 6.26. The van der Waals surface area contributed by atoms with Crippen molar-refractivity contribution in [1.82, 2.24) is 10.3 Å². The van der Waals surface area contributed by atoms with Crippen molar-refractivity contribution in [2.24, 2.45) is 0 Å². The molecule has 2 nitrogen and oxygen atoms in total. The fourth-order valence-corrected chi connectivity index (χ4v) is 3.35. The van der Waals surface area contributed by atoms with Gasteiger partial charge < -0.3 is 5.32 Å². The summed E-state index contributed by atoms with van der Waals surface area (Å²) in [4.78, 5) is 4.13. The minimum Gasteiger partial charge on any atom is -0.313 e. The van der Waals surface area contributed by atoms with E-state index in [0.717, 1.165) is 24.3 Å². The molecule has 1 heterocycles. The Kier molecular flexibility index (Phi) is 4.67. The summed E-state index contributed by atoms with van der Waals surface area (Å²) in [7, 11) is 0. The van der Waals surface area contributed by atoms with Crippen molar-refractivity contribution in [3.63, 3.8) is 0 Å². The molecule has 0 radical (unpaired) electrons. The van der Waals surface area contributed by atoms with Gasteiger partial charge in [-0.25, -0.2) is 0 Å². The summed E-state index contributed by atoms with van der Waals surface area (Å²) in [5.41, 5.74) is 1.33. The summed E-state index contributed by atoms with van der Waals surface area (Å²) < 4.78 is 0. The van der Waals surface area contributed by atoms with Crippen LogP contribution < -0.4 is 5.32 Å². The van der Waals surface area contributed by atoms with Crippen LogP contribution in [0.3, 0.4) is 0 Å². The summed E-state index contributed by atoms with van der Waals surface area (Å²) >= 11 is 2.01. The van der Waals surface area contributed by atoms with Gasteiger partial charge in [0, 0.05) is 23.7 Å². The number of nitrogens with one attached hydrogen (secondary N) is 1. The van der Waals surface area contributed by atoms with Gasteiger partial charge in [0.25, 0.3) is 0 Å². The molecule has 0 amide bonds. The first-order valence-corrected chi connectivity index (χ1v) is 7.34. The Morgan fingerprint density at radius 1 is 1.50 bits per heavy atom. The zero-order valence-corrected chi connectivity index (χ0v) is 10.7. The van der Waals surface area contributed by atoms with E-state index in [1.165, 1.54) is 24.8 Å². The van der Waals surface area contributed by atoms with Crippen LogP contribution in [0.25, 0.3) is 0 Å². The molecule has 0 saturated heterocycles. The summed E-state index contributed by atoms with van der Waals surface area (Å²) in [6.45, 7) is 1.08.